The number of methoxy groups -OCH3 is 1. The van der Waals surface area contributed by atoms with E-state index in [1.54, 1.807) is 13.4 Å². The molecule has 1 unspecified atom stereocenters. The van der Waals surface area contributed by atoms with Crippen LogP contribution in [0.4, 0.5) is 0 Å². The van der Waals surface area contributed by atoms with Gasteiger partial charge in [0.1, 0.15) is 5.75 Å². The zero-order chi connectivity index (χ0) is 13.8. The fourth-order valence-electron chi connectivity index (χ4n) is 3.01. The Balaban J connectivity index is 1.91. The first kappa shape index (κ1) is 13.3. The van der Waals surface area contributed by atoms with Crippen molar-refractivity contribution in [3.63, 3.8) is 0 Å². The molecule has 0 bridgehead atoms. The zero-order valence-electron chi connectivity index (χ0n) is 11.9. The first-order valence-electron chi connectivity index (χ1n) is 7.28. The van der Waals surface area contributed by atoms with Crippen molar-refractivity contribution in [3.05, 3.63) is 54.0 Å². The van der Waals surface area contributed by atoms with Crippen LogP contribution in [-0.4, -0.2) is 25.1 Å². The summed E-state index contributed by atoms with van der Waals surface area (Å²) in [6, 6.07) is 10.7. The normalized spacial score (nSPS) is 17.9. The molecule has 1 aromatic heterocycles. The Morgan fingerprint density at radius 2 is 1.75 bits per heavy atom. The summed E-state index contributed by atoms with van der Waals surface area (Å²) < 4.78 is 10.6. The largest absolute Gasteiger partial charge is 0.497 e. The maximum atomic E-state index is 5.30. The molecule has 20 heavy (non-hydrogen) atoms. The van der Waals surface area contributed by atoms with Gasteiger partial charge in [-0.2, -0.15) is 0 Å². The fourth-order valence-corrected chi connectivity index (χ4v) is 3.01. The summed E-state index contributed by atoms with van der Waals surface area (Å²) >= 11 is 0. The molecular formula is C17H21NO2. The quantitative estimate of drug-likeness (QED) is 0.844. The van der Waals surface area contributed by atoms with Crippen LogP contribution in [0, 0.1) is 0 Å². The zero-order valence-corrected chi connectivity index (χ0v) is 11.9. The molecule has 2 aromatic rings. The molecule has 106 valence electrons. The van der Waals surface area contributed by atoms with Crippen LogP contribution in [0.1, 0.15) is 36.4 Å². The van der Waals surface area contributed by atoms with E-state index < -0.39 is 0 Å². The molecule has 0 N–H and O–H groups in total. The van der Waals surface area contributed by atoms with Crippen molar-refractivity contribution < 1.29 is 9.15 Å². The van der Waals surface area contributed by atoms with E-state index in [-0.39, 0.29) is 0 Å². The molecule has 0 amide bonds. The predicted octanol–water partition coefficient (Wildman–Crippen LogP) is 3.86. The molecule has 1 aromatic carbocycles. The van der Waals surface area contributed by atoms with Crippen LogP contribution in [0.25, 0.3) is 0 Å². The topological polar surface area (TPSA) is 25.6 Å². The van der Waals surface area contributed by atoms with E-state index in [1.165, 1.54) is 30.4 Å². The molecule has 1 aliphatic rings. The molecule has 0 spiro atoms. The van der Waals surface area contributed by atoms with Gasteiger partial charge in [0.05, 0.1) is 25.7 Å². The van der Waals surface area contributed by atoms with Crippen molar-refractivity contribution in [1.29, 1.82) is 0 Å². The van der Waals surface area contributed by atoms with Crippen molar-refractivity contribution in [2.45, 2.75) is 25.3 Å². The maximum Gasteiger partial charge on any atom is 0.118 e. The molecule has 3 nitrogen and oxygen atoms in total. The van der Waals surface area contributed by atoms with Gasteiger partial charge in [-0.3, -0.25) is 4.90 Å². The smallest absolute Gasteiger partial charge is 0.118 e. The van der Waals surface area contributed by atoms with E-state index in [9.17, 15) is 0 Å². The molecule has 0 aliphatic carbocycles. The lowest BCUT2D eigenvalue weighted by Gasteiger charge is -2.34. The van der Waals surface area contributed by atoms with E-state index in [1.807, 2.05) is 18.4 Å². The summed E-state index contributed by atoms with van der Waals surface area (Å²) in [6.07, 6.45) is 7.53. The molecular weight excluding hydrogens is 250 g/mol. The average molecular weight is 271 g/mol. The average Bonchev–Trinajstić information content (AvgIpc) is 3.03. The Labute approximate surface area is 120 Å². The van der Waals surface area contributed by atoms with Gasteiger partial charge in [-0.05, 0) is 49.7 Å². The van der Waals surface area contributed by atoms with Crippen LogP contribution in [0.5, 0.6) is 5.75 Å². The van der Waals surface area contributed by atoms with E-state index in [0.29, 0.717) is 6.04 Å². The minimum Gasteiger partial charge on any atom is -0.497 e. The van der Waals surface area contributed by atoms with Crippen LogP contribution >= 0.6 is 0 Å². The third-order valence-electron chi connectivity index (χ3n) is 4.05. The SMILES string of the molecule is COc1ccc(C(c2ccoc2)N2CCCCC2)cc1. The Kier molecular flexibility index (Phi) is 4.07. The second-order valence-electron chi connectivity index (χ2n) is 5.33. The molecule has 3 rings (SSSR count). The van der Waals surface area contributed by atoms with Gasteiger partial charge in [0, 0.05) is 5.56 Å². The molecule has 2 heterocycles. The summed E-state index contributed by atoms with van der Waals surface area (Å²) in [5.74, 6) is 0.901. The van der Waals surface area contributed by atoms with E-state index in [2.05, 4.69) is 23.1 Å². The second-order valence-corrected chi connectivity index (χ2v) is 5.33. The van der Waals surface area contributed by atoms with Crippen LogP contribution in [0.3, 0.4) is 0 Å². The minimum absolute atomic E-state index is 0.292. The molecule has 1 aliphatic heterocycles. The molecule has 1 fully saturated rings. The Morgan fingerprint density at radius 1 is 1.00 bits per heavy atom. The van der Waals surface area contributed by atoms with E-state index >= 15 is 0 Å². The number of piperidine rings is 1. The third kappa shape index (κ3) is 2.73. The highest BCUT2D eigenvalue weighted by Crippen LogP contribution is 2.32. The maximum absolute atomic E-state index is 5.30. The van der Waals surface area contributed by atoms with Gasteiger partial charge in [0.25, 0.3) is 0 Å². The predicted molar refractivity (Wildman–Crippen MR) is 79.0 cm³/mol. The van der Waals surface area contributed by atoms with Gasteiger partial charge in [-0.15, -0.1) is 0 Å². The minimum atomic E-state index is 0.292. The third-order valence-corrected chi connectivity index (χ3v) is 4.05. The number of rotatable bonds is 4. The lowest BCUT2D eigenvalue weighted by Crippen LogP contribution is -2.34. The first-order valence-corrected chi connectivity index (χ1v) is 7.28. The summed E-state index contributed by atoms with van der Waals surface area (Å²) in [5.41, 5.74) is 2.53. The molecule has 1 atom stereocenters. The molecule has 0 saturated carbocycles. The Bertz CT molecular complexity index is 512. The number of hydrogen-bond donors (Lipinski definition) is 0. The van der Waals surface area contributed by atoms with Crippen molar-refractivity contribution in [2.75, 3.05) is 20.2 Å². The van der Waals surface area contributed by atoms with E-state index in [0.717, 1.165) is 18.8 Å². The van der Waals surface area contributed by atoms with Crippen LogP contribution in [-0.2, 0) is 0 Å². The fraction of sp³-hybridized carbons (Fsp3) is 0.412. The summed E-state index contributed by atoms with van der Waals surface area (Å²) in [7, 11) is 1.70. The van der Waals surface area contributed by atoms with Crippen LogP contribution in [0.2, 0.25) is 0 Å². The number of nitrogens with zero attached hydrogens (tertiary/aromatic N) is 1. The standard InChI is InChI=1S/C17H21NO2/c1-19-16-7-5-14(6-8-16)17(15-9-12-20-13-15)18-10-3-2-4-11-18/h5-9,12-13,17H,2-4,10-11H2,1H3. The monoisotopic (exact) mass is 271 g/mol. The number of benzene rings is 1. The Morgan fingerprint density at radius 3 is 2.35 bits per heavy atom. The van der Waals surface area contributed by atoms with Gasteiger partial charge in [0.15, 0.2) is 0 Å². The van der Waals surface area contributed by atoms with E-state index in [4.69, 9.17) is 9.15 Å². The van der Waals surface area contributed by atoms with Crippen LogP contribution in [0.15, 0.2) is 47.3 Å². The second kappa shape index (κ2) is 6.14. The summed E-state index contributed by atoms with van der Waals surface area (Å²) in [6.45, 7) is 2.31. The summed E-state index contributed by atoms with van der Waals surface area (Å²) in [5, 5.41) is 0. The highest BCUT2D eigenvalue weighted by atomic mass is 16.5. The highest BCUT2D eigenvalue weighted by Gasteiger charge is 2.24. The van der Waals surface area contributed by atoms with Gasteiger partial charge < -0.3 is 9.15 Å². The number of likely N-dealkylation sites (tertiary alicyclic amines) is 1. The van der Waals surface area contributed by atoms with Crippen molar-refractivity contribution in [2.24, 2.45) is 0 Å². The van der Waals surface area contributed by atoms with Gasteiger partial charge in [-0.1, -0.05) is 18.6 Å². The molecule has 3 heteroatoms. The number of hydrogen-bond acceptors (Lipinski definition) is 3. The Hall–Kier alpha value is -1.74. The molecule has 0 radical (unpaired) electrons. The van der Waals surface area contributed by atoms with Gasteiger partial charge >= 0.3 is 0 Å². The van der Waals surface area contributed by atoms with Crippen molar-refractivity contribution in [3.8, 4) is 5.75 Å². The van der Waals surface area contributed by atoms with Gasteiger partial charge in [0.2, 0.25) is 0 Å². The highest BCUT2D eigenvalue weighted by molar-refractivity contribution is 5.34. The summed E-state index contributed by atoms with van der Waals surface area (Å²) in [4.78, 5) is 2.55. The van der Waals surface area contributed by atoms with Crippen molar-refractivity contribution >= 4 is 0 Å². The lowest BCUT2D eigenvalue weighted by atomic mass is 9.97. The lowest BCUT2D eigenvalue weighted by molar-refractivity contribution is 0.186. The first-order chi connectivity index (χ1) is 9.88. The molecule has 1 saturated heterocycles. The number of furan rings is 1. The van der Waals surface area contributed by atoms with Crippen molar-refractivity contribution in [1.82, 2.24) is 4.90 Å². The number of ether oxygens (including phenoxy) is 1. The van der Waals surface area contributed by atoms with Gasteiger partial charge in [-0.25, -0.2) is 0 Å². The van der Waals surface area contributed by atoms with Crippen LogP contribution < -0.4 is 4.74 Å².